The third kappa shape index (κ3) is 5.53. The first kappa shape index (κ1) is 19.8. The number of nitrogens with one attached hydrogen (secondary N) is 3. The molecule has 0 bridgehead atoms. The molecule has 1 fully saturated rings. The van der Waals surface area contributed by atoms with Crippen molar-refractivity contribution in [3.63, 3.8) is 0 Å². The molecule has 28 heavy (non-hydrogen) atoms. The molecule has 0 heterocycles. The number of amides is 2. The monoisotopic (exact) mass is 397 g/mol. The van der Waals surface area contributed by atoms with Crippen molar-refractivity contribution in [2.24, 2.45) is 5.92 Å². The first-order valence-corrected chi connectivity index (χ1v) is 9.50. The number of aryl methyl sites for hydroxylation is 1. The van der Waals surface area contributed by atoms with E-state index < -0.39 is 0 Å². The first-order valence-electron chi connectivity index (χ1n) is 9.10. The van der Waals surface area contributed by atoms with Gasteiger partial charge in [0.25, 0.3) is 0 Å². The van der Waals surface area contributed by atoms with E-state index in [1.165, 1.54) is 0 Å². The molecule has 7 heteroatoms. The van der Waals surface area contributed by atoms with Gasteiger partial charge in [0, 0.05) is 17.3 Å². The highest BCUT2D eigenvalue weighted by Crippen LogP contribution is 2.31. The van der Waals surface area contributed by atoms with Crippen molar-refractivity contribution in [2.75, 3.05) is 17.7 Å². The maximum atomic E-state index is 12.2. The Morgan fingerprint density at radius 3 is 2.46 bits per heavy atom. The smallest absolute Gasteiger partial charge is 0.230 e. The van der Waals surface area contributed by atoms with E-state index in [0.717, 1.165) is 35.4 Å². The normalized spacial score (nSPS) is 12.8. The minimum absolute atomic E-state index is 0.0515. The van der Waals surface area contributed by atoms with Crippen LogP contribution in [-0.2, 0) is 16.0 Å². The Labute approximate surface area is 169 Å². The van der Waals surface area contributed by atoms with Crippen LogP contribution in [0.15, 0.2) is 42.5 Å². The molecule has 146 valence electrons. The lowest BCUT2D eigenvalue weighted by molar-refractivity contribution is -0.119. The number of hydrogen-bond acceptors (Lipinski definition) is 4. The van der Waals surface area contributed by atoms with Gasteiger partial charge >= 0.3 is 0 Å². The number of carbonyl (C=O) groups is 2. The second kappa shape index (κ2) is 8.84. The Balaban J connectivity index is 1.54. The number of rotatable bonds is 6. The molecule has 0 atom stereocenters. The fourth-order valence-corrected chi connectivity index (χ4v) is 2.91. The van der Waals surface area contributed by atoms with Gasteiger partial charge in [-0.2, -0.15) is 0 Å². The molecule has 0 saturated heterocycles. The van der Waals surface area contributed by atoms with Crippen molar-refractivity contribution in [1.82, 2.24) is 5.32 Å². The van der Waals surface area contributed by atoms with Gasteiger partial charge in [0.2, 0.25) is 11.8 Å². The fraction of sp³-hybridized carbons (Fsp3) is 0.286. The lowest BCUT2D eigenvalue weighted by atomic mass is 10.1. The molecule has 0 spiro atoms. The summed E-state index contributed by atoms with van der Waals surface area (Å²) in [6.45, 7) is 1.93. The maximum Gasteiger partial charge on any atom is 0.230 e. The SMILES string of the molecule is COc1ccc(CC(=O)NC(=S)Nc2ccc(C)c(NC(=O)C3CC3)c2)cc1. The Morgan fingerprint density at radius 2 is 1.82 bits per heavy atom. The van der Waals surface area contributed by atoms with Gasteiger partial charge < -0.3 is 20.7 Å². The van der Waals surface area contributed by atoms with Gasteiger partial charge in [-0.25, -0.2) is 0 Å². The van der Waals surface area contributed by atoms with Gasteiger partial charge in [-0.1, -0.05) is 18.2 Å². The summed E-state index contributed by atoms with van der Waals surface area (Å²) >= 11 is 5.23. The third-order valence-corrected chi connectivity index (χ3v) is 4.68. The van der Waals surface area contributed by atoms with Gasteiger partial charge in [-0.15, -0.1) is 0 Å². The highest BCUT2D eigenvalue weighted by molar-refractivity contribution is 7.80. The maximum absolute atomic E-state index is 12.2. The molecule has 1 aliphatic rings. The molecule has 0 unspecified atom stereocenters. The molecular weight excluding hydrogens is 374 g/mol. The molecule has 2 amide bonds. The topological polar surface area (TPSA) is 79.5 Å². The largest absolute Gasteiger partial charge is 0.497 e. The van der Waals surface area contributed by atoms with E-state index >= 15 is 0 Å². The molecule has 2 aromatic carbocycles. The average Bonchev–Trinajstić information content (AvgIpc) is 3.50. The van der Waals surface area contributed by atoms with E-state index in [1.807, 2.05) is 49.4 Å². The molecular formula is C21H23N3O3S. The van der Waals surface area contributed by atoms with E-state index in [9.17, 15) is 9.59 Å². The van der Waals surface area contributed by atoms with E-state index in [4.69, 9.17) is 17.0 Å². The molecule has 0 aliphatic heterocycles. The number of ether oxygens (including phenoxy) is 1. The van der Waals surface area contributed by atoms with Crippen molar-refractivity contribution in [3.8, 4) is 5.75 Å². The van der Waals surface area contributed by atoms with Crippen LogP contribution in [0.4, 0.5) is 11.4 Å². The highest BCUT2D eigenvalue weighted by Gasteiger charge is 2.29. The van der Waals surface area contributed by atoms with Crippen molar-refractivity contribution < 1.29 is 14.3 Å². The van der Waals surface area contributed by atoms with Crippen molar-refractivity contribution in [1.29, 1.82) is 0 Å². The molecule has 0 aromatic heterocycles. The summed E-state index contributed by atoms with van der Waals surface area (Å²) in [7, 11) is 1.60. The minimum atomic E-state index is -0.211. The van der Waals surface area contributed by atoms with Crippen molar-refractivity contribution in [2.45, 2.75) is 26.2 Å². The lowest BCUT2D eigenvalue weighted by Crippen LogP contribution is -2.35. The van der Waals surface area contributed by atoms with Gasteiger partial charge in [-0.3, -0.25) is 9.59 Å². The number of anilines is 2. The Kier molecular flexibility index (Phi) is 6.26. The van der Waals surface area contributed by atoms with Crippen LogP contribution in [0, 0.1) is 12.8 Å². The van der Waals surface area contributed by atoms with Crippen LogP contribution in [0.5, 0.6) is 5.75 Å². The van der Waals surface area contributed by atoms with Crippen LogP contribution in [-0.4, -0.2) is 24.0 Å². The van der Waals surface area contributed by atoms with Crippen molar-refractivity contribution >= 4 is 40.5 Å². The molecule has 0 radical (unpaired) electrons. The van der Waals surface area contributed by atoms with Crippen LogP contribution in [0.25, 0.3) is 0 Å². The zero-order valence-electron chi connectivity index (χ0n) is 15.9. The van der Waals surface area contributed by atoms with Crippen LogP contribution in [0.1, 0.15) is 24.0 Å². The summed E-state index contributed by atoms with van der Waals surface area (Å²) in [5.41, 5.74) is 3.27. The number of carbonyl (C=O) groups excluding carboxylic acids is 2. The predicted molar refractivity (Wildman–Crippen MR) is 114 cm³/mol. The lowest BCUT2D eigenvalue weighted by Gasteiger charge is -2.13. The second-order valence-electron chi connectivity index (χ2n) is 6.82. The summed E-state index contributed by atoms with van der Waals surface area (Å²) in [5, 5.41) is 8.82. The van der Waals surface area contributed by atoms with Crippen LogP contribution in [0.3, 0.4) is 0 Å². The van der Waals surface area contributed by atoms with E-state index in [-0.39, 0.29) is 29.3 Å². The molecule has 1 aliphatic carbocycles. The Bertz CT molecular complexity index is 892. The zero-order chi connectivity index (χ0) is 20.1. The van der Waals surface area contributed by atoms with Crippen LogP contribution in [0.2, 0.25) is 0 Å². The molecule has 3 N–H and O–H groups in total. The predicted octanol–water partition coefficient (Wildman–Crippen LogP) is 3.41. The van der Waals surface area contributed by atoms with Crippen LogP contribution >= 0.6 is 12.2 Å². The minimum Gasteiger partial charge on any atom is -0.497 e. The standard InChI is InChI=1S/C21H23N3O3S/c1-13-3-8-16(12-18(13)23-20(26)15-6-7-15)22-21(28)24-19(25)11-14-4-9-17(27-2)10-5-14/h3-5,8-10,12,15H,6-7,11H2,1-2H3,(H,23,26)(H2,22,24,25,28). The third-order valence-electron chi connectivity index (χ3n) is 4.48. The quantitative estimate of drug-likeness (QED) is 0.651. The number of hydrogen-bond donors (Lipinski definition) is 3. The fourth-order valence-electron chi connectivity index (χ4n) is 2.68. The number of benzene rings is 2. The van der Waals surface area contributed by atoms with Crippen LogP contribution < -0.4 is 20.7 Å². The molecule has 6 nitrogen and oxygen atoms in total. The number of methoxy groups -OCH3 is 1. The molecule has 3 rings (SSSR count). The van der Waals surface area contributed by atoms with Gasteiger partial charge in [-0.05, 0) is 67.4 Å². The molecule has 1 saturated carbocycles. The summed E-state index contributed by atoms with van der Waals surface area (Å²) < 4.78 is 5.11. The van der Waals surface area contributed by atoms with E-state index in [2.05, 4.69) is 16.0 Å². The van der Waals surface area contributed by atoms with E-state index in [1.54, 1.807) is 7.11 Å². The first-order chi connectivity index (χ1) is 13.4. The highest BCUT2D eigenvalue weighted by atomic mass is 32.1. The van der Waals surface area contributed by atoms with Crippen molar-refractivity contribution in [3.05, 3.63) is 53.6 Å². The zero-order valence-corrected chi connectivity index (χ0v) is 16.7. The summed E-state index contributed by atoms with van der Waals surface area (Å²) in [4.78, 5) is 24.2. The summed E-state index contributed by atoms with van der Waals surface area (Å²) in [5.74, 6) is 0.715. The van der Waals surface area contributed by atoms with E-state index in [0.29, 0.717) is 5.69 Å². The Hall–Kier alpha value is -2.93. The Morgan fingerprint density at radius 1 is 1.11 bits per heavy atom. The van der Waals surface area contributed by atoms with Gasteiger partial charge in [0.15, 0.2) is 5.11 Å². The molecule has 2 aromatic rings. The summed E-state index contributed by atoms with van der Waals surface area (Å²) in [6.07, 6.45) is 2.11. The van der Waals surface area contributed by atoms with Gasteiger partial charge in [0.05, 0.1) is 13.5 Å². The second-order valence-corrected chi connectivity index (χ2v) is 7.23. The summed E-state index contributed by atoms with van der Waals surface area (Å²) in [6, 6.07) is 12.9. The average molecular weight is 398 g/mol. The van der Waals surface area contributed by atoms with Gasteiger partial charge in [0.1, 0.15) is 5.75 Å². The number of thiocarbonyl (C=S) groups is 1.